The van der Waals surface area contributed by atoms with Crippen molar-refractivity contribution in [2.75, 3.05) is 4.90 Å². The van der Waals surface area contributed by atoms with E-state index in [-0.39, 0.29) is 18.0 Å². The van der Waals surface area contributed by atoms with E-state index in [0.717, 1.165) is 11.8 Å². The molecule has 4 rings (SSSR count). The highest BCUT2D eigenvalue weighted by Gasteiger charge is 2.31. The minimum absolute atomic E-state index is 0.130. The Morgan fingerprint density at radius 1 is 1.00 bits per heavy atom. The number of aldehydes is 1. The van der Waals surface area contributed by atoms with Gasteiger partial charge in [0.15, 0.2) is 0 Å². The van der Waals surface area contributed by atoms with Gasteiger partial charge >= 0.3 is 6.03 Å². The van der Waals surface area contributed by atoms with E-state index in [2.05, 4.69) is 5.32 Å². The third-order valence-electron chi connectivity index (χ3n) is 4.85. The molecular weight excluding hydrogens is 450 g/mol. The quantitative estimate of drug-likeness (QED) is 0.446. The van der Waals surface area contributed by atoms with Crippen molar-refractivity contribution in [2.45, 2.75) is 13.0 Å². The lowest BCUT2D eigenvalue weighted by Crippen LogP contribution is -2.41. The Balaban J connectivity index is 2.01. The number of amides is 2. The van der Waals surface area contributed by atoms with Gasteiger partial charge < -0.3 is 10.1 Å². The number of fused-ring (bicyclic) bond motifs is 1. The number of carbonyl (C=O) groups excluding carboxylic acids is 2. The zero-order chi connectivity index (χ0) is 21.4. The van der Waals surface area contributed by atoms with Crippen LogP contribution in [0.1, 0.15) is 11.1 Å². The molecule has 1 aliphatic heterocycles. The zero-order valence-corrected chi connectivity index (χ0v) is 17.7. The third kappa shape index (κ3) is 3.65. The highest BCUT2D eigenvalue weighted by molar-refractivity contribution is 6.40. The van der Waals surface area contributed by atoms with E-state index in [1.54, 1.807) is 30.3 Å². The van der Waals surface area contributed by atoms with Gasteiger partial charge in [-0.25, -0.2) is 9.18 Å². The van der Waals surface area contributed by atoms with Crippen molar-refractivity contribution in [3.05, 3.63) is 80.5 Å². The molecule has 3 aromatic carbocycles. The van der Waals surface area contributed by atoms with Crippen LogP contribution >= 0.6 is 34.8 Å². The lowest BCUT2D eigenvalue weighted by molar-refractivity contribution is -0.107. The van der Waals surface area contributed by atoms with Crippen LogP contribution < -0.4 is 10.2 Å². The first-order valence-electron chi connectivity index (χ1n) is 8.97. The summed E-state index contributed by atoms with van der Waals surface area (Å²) >= 11 is 19.1. The van der Waals surface area contributed by atoms with Gasteiger partial charge in [0, 0.05) is 24.1 Å². The van der Waals surface area contributed by atoms with Gasteiger partial charge in [-0.1, -0.05) is 46.9 Å². The summed E-state index contributed by atoms with van der Waals surface area (Å²) in [6, 6.07) is 12.2. The van der Waals surface area contributed by atoms with Crippen molar-refractivity contribution in [1.29, 1.82) is 0 Å². The number of hydrogen-bond donors (Lipinski definition) is 1. The maximum atomic E-state index is 13.6. The number of urea groups is 1. The predicted molar refractivity (Wildman–Crippen MR) is 117 cm³/mol. The van der Waals surface area contributed by atoms with E-state index in [0.29, 0.717) is 38.1 Å². The van der Waals surface area contributed by atoms with Crippen molar-refractivity contribution in [3.63, 3.8) is 0 Å². The Hall–Kier alpha value is -2.60. The second-order valence-electron chi connectivity index (χ2n) is 6.70. The van der Waals surface area contributed by atoms with Crippen LogP contribution in [0.4, 0.5) is 20.6 Å². The van der Waals surface area contributed by atoms with Crippen molar-refractivity contribution < 1.29 is 14.0 Å². The number of hydrogen-bond acceptors (Lipinski definition) is 2. The van der Waals surface area contributed by atoms with Gasteiger partial charge in [0.25, 0.3) is 0 Å². The SMILES string of the molecule is O=CCc1cc(-c2ccc(F)cc2Cl)c2c(c1)N(c1c(Cl)cccc1Cl)C(=O)NC2. The lowest BCUT2D eigenvalue weighted by Gasteiger charge is -2.33. The summed E-state index contributed by atoms with van der Waals surface area (Å²) in [5.74, 6) is -0.459. The number of halogens is 4. The Labute approximate surface area is 187 Å². The molecule has 0 unspecified atom stereocenters. The number of benzene rings is 3. The standard InChI is InChI=1S/C22H14Cl3FN2O2/c23-17-2-1-3-18(24)21(17)28-20-9-12(6-7-29)8-15(16(20)11-27-22(28)30)14-5-4-13(26)10-19(14)25/h1-5,7-10H,6,11H2,(H,27,30). The molecule has 0 radical (unpaired) electrons. The van der Waals surface area contributed by atoms with Gasteiger partial charge in [-0.2, -0.15) is 0 Å². The van der Waals surface area contributed by atoms with Crippen LogP contribution in [-0.2, 0) is 17.8 Å². The molecule has 8 heteroatoms. The van der Waals surface area contributed by atoms with E-state index in [9.17, 15) is 14.0 Å². The molecule has 0 bridgehead atoms. The molecule has 2 amide bonds. The maximum Gasteiger partial charge on any atom is 0.326 e. The summed E-state index contributed by atoms with van der Waals surface area (Å²) in [5, 5.41) is 3.64. The summed E-state index contributed by atoms with van der Waals surface area (Å²) in [7, 11) is 0. The molecule has 0 aromatic heterocycles. The smallest absolute Gasteiger partial charge is 0.326 e. The van der Waals surface area contributed by atoms with Crippen molar-refractivity contribution >= 4 is 58.5 Å². The normalized spacial score (nSPS) is 13.1. The fraction of sp³-hybridized carbons (Fsp3) is 0.0909. The van der Waals surface area contributed by atoms with Crippen molar-refractivity contribution in [1.82, 2.24) is 5.32 Å². The van der Waals surface area contributed by atoms with Crippen LogP contribution in [0.3, 0.4) is 0 Å². The van der Waals surface area contributed by atoms with Gasteiger partial charge in [-0.05, 0) is 47.5 Å². The average molecular weight is 464 g/mol. The fourth-order valence-electron chi connectivity index (χ4n) is 3.54. The number of rotatable bonds is 4. The van der Waals surface area contributed by atoms with E-state index in [1.165, 1.54) is 17.0 Å². The van der Waals surface area contributed by atoms with Crippen molar-refractivity contribution in [3.8, 4) is 11.1 Å². The Bertz CT molecular complexity index is 1160. The molecule has 0 atom stereocenters. The molecule has 0 fully saturated rings. The second kappa shape index (κ2) is 8.26. The molecule has 1 heterocycles. The predicted octanol–water partition coefficient (Wildman–Crippen LogP) is 6.56. The molecule has 0 aliphatic carbocycles. The average Bonchev–Trinajstić information content (AvgIpc) is 2.69. The largest absolute Gasteiger partial charge is 0.333 e. The molecule has 3 aromatic rings. The summed E-state index contributed by atoms with van der Waals surface area (Å²) in [4.78, 5) is 25.4. The van der Waals surface area contributed by atoms with Crippen LogP contribution in [0.25, 0.3) is 11.1 Å². The first-order valence-corrected chi connectivity index (χ1v) is 10.1. The van der Waals surface area contributed by atoms with Crippen LogP contribution in [0.2, 0.25) is 15.1 Å². The van der Waals surface area contributed by atoms with Gasteiger partial charge in [0.2, 0.25) is 0 Å². The monoisotopic (exact) mass is 462 g/mol. The first-order chi connectivity index (χ1) is 14.4. The summed E-state index contributed by atoms with van der Waals surface area (Å²) in [6.45, 7) is 0.219. The first kappa shape index (κ1) is 20.7. The summed E-state index contributed by atoms with van der Waals surface area (Å²) in [5.41, 5.74) is 3.55. The molecule has 1 aliphatic rings. The molecule has 1 N–H and O–H groups in total. The molecule has 0 spiro atoms. The number of nitrogens with one attached hydrogen (secondary N) is 1. The number of anilines is 2. The molecular formula is C22H14Cl3FN2O2. The number of nitrogens with zero attached hydrogens (tertiary/aromatic N) is 1. The molecule has 4 nitrogen and oxygen atoms in total. The minimum Gasteiger partial charge on any atom is -0.333 e. The van der Waals surface area contributed by atoms with Crippen LogP contribution in [-0.4, -0.2) is 12.3 Å². The van der Waals surface area contributed by atoms with Crippen LogP contribution in [0.5, 0.6) is 0 Å². The van der Waals surface area contributed by atoms with E-state index in [4.69, 9.17) is 34.8 Å². The second-order valence-corrected chi connectivity index (χ2v) is 7.92. The maximum absolute atomic E-state index is 13.6. The lowest BCUT2D eigenvalue weighted by atomic mass is 9.93. The van der Waals surface area contributed by atoms with Crippen LogP contribution in [0.15, 0.2) is 48.5 Å². The highest BCUT2D eigenvalue weighted by Crippen LogP contribution is 2.44. The van der Waals surface area contributed by atoms with Gasteiger partial charge in [-0.15, -0.1) is 0 Å². The summed E-state index contributed by atoms with van der Waals surface area (Å²) < 4.78 is 13.6. The van der Waals surface area contributed by atoms with Gasteiger partial charge in [0.1, 0.15) is 12.1 Å². The molecule has 0 saturated heterocycles. The molecule has 30 heavy (non-hydrogen) atoms. The number of para-hydroxylation sites is 1. The Morgan fingerprint density at radius 3 is 2.40 bits per heavy atom. The number of carbonyl (C=O) groups is 2. The fourth-order valence-corrected chi connectivity index (χ4v) is 4.38. The van der Waals surface area contributed by atoms with E-state index in [1.807, 2.05) is 6.07 Å². The van der Waals surface area contributed by atoms with E-state index < -0.39 is 11.8 Å². The van der Waals surface area contributed by atoms with Gasteiger partial charge in [-0.3, -0.25) is 4.90 Å². The molecule has 0 saturated carbocycles. The van der Waals surface area contributed by atoms with Gasteiger partial charge in [0.05, 0.1) is 26.4 Å². The summed E-state index contributed by atoms with van der Waals surface area (Å²) in [6.07, 6.45) is 0.901. The third-order valence-corrected chi connectivity index (χ3v) is 5.77. The highest BCUT2D eigenvalue weighted by atomic mass is 35.5. The molecule has 152 valence electrons. The minimum atomic E-state index is -0.459. The topological polar surface area (TPSA) is 49.4 Å². The zero-order valence-electron chi connectivity index (χ0n) is 15.4. The van der Waals surface area contributed by atoms with Crippen LogP contribution in [0, 0.1) is 5.82 Å². The Morgan fingerprint density at radius 2 is 1.73 bits per heavy atom. The van der Waals surface area contributed by atoms with E-state index >= 15 is 0 Å². The van der Waals surface area contributed by atoms with Crippen molar-refractivity contribution in [2.24, 2.45) is 0 Å². The Kier molecular flexibility index (Phi) is 5.69.